The number of carboxylic acid groups (broad SMARTS) is 1. The van der Waals surface area contributed by atoms with Crippen LogP contribution in [-0.2, 0) is 9.53 Å². The third kappa shape index (κ3) is 4.89. The Morgan fingerprint density at radius 2 is 2.26 bits per heavy atom. The molecule has 4 nitrogen and oxygen atoms in total. The maximum Gasteiger partial charge on any atom is 0.317 e. The first kappa shape index (κ1) is 16.1. The average Bonchev–Trinajstić information content (AvgIpc) is 2.33. The van der Waals surface area contributed by atoms with Crippen LogP contribution in [0.15, 0.2) is 22.7 Å². The van der Waals surface area contributed by atoms with Crippen molar-refractivity contribution in [2.75, 3.05) is 26.8 Å². The largest absolute Gasteiger partial charge is 0.480 e. The van der Waals surface area contributed by atoms with Crippen LogP contribution in [0.5, 0.6) is 0 Å². The Kier molecular flexibility index (Phi) is 6.41. The second-order valence-electron chi connectivity index (χ2n) is 4.20. The molecule has 1 unspecified atom stereocenters. The van der Waals surface area contributed by atoms with E-state index in [0.717, 1.165) is 0 Å². The highest BCUT2D eigenvalue weighted by Gasteiger charge is 2.20. The molecule has 0 aliphatic carbocycles. The number of aliphatic carboxylic acids is 1. The molecule has 1 N–H and O–H groups in total. The van der Waals surface area contributed by atoms with E-state index in [1.54, 1.807) is 31.1 Å². The minimum atomic E-state index is -0.944. The van der Waals surface area contributed by atoms with E-state index in [4.69, 9.17) is 9.84 Å². The monoisotopic (exact) mass is 333 g/mol. The molecule has 0 spiro atoms. The molecule has 1 atom stereocenters. The SMILES string of the molecule is COCCN(CC(=O)O)C(C)c1ccc(Br)cc1F. The third-order valence-corrected chi connectivity index (χ3v) is 3.37. The lowest BCUT2D eigenvalue weighted by Gasteiger charge is -2.27. The summed E-state index contributed by atoms with van der Waals surface area (Å²) >= 11 is 3.20. The number of hydrogen-bond acceptors (Lipinski definition) is 3. The second-order valence-corrected chi connectivity index (χ2v) is 5.11. The van der Waals surface area contributed by atoms with Crippen LogP contribution in [0.3, 0.4) is 0 Å². The Bertz CT molecular complexity index is 442. The number of nitrogens with zero attached hydrogens (tertiary/aromatic N) is 1. The first-order valence-electron chi connectivity index (χ1n) is 5.85. The molecule has 0 bridgehead atoms. The van der Waals surface area contributed by atoms with Crippen molar-refractivity contribution in [3.63, 3.8) is 0 Å². The lowest BCUT2D eigenvalue weighted by atomic mass is 10.1. The molecule has 106 valence electrons. The van der Waals surface area contributed by atoms with Crippen molar-refractivity contribution in [1.82, 2.24) is 4.90 Å². The van der Waals surface area contributed by atoms with Crippen molar-refractivity contribution in [1.29, 1.82) is 0 Å². The molecule has 0 fully saturated rings. The van der Waals surface area contributed by atoms with Crippen LogP contribution in [0.25, 0.3) is 0 Å². The van der Waals surface area contributed by atoms with Crippen molar-refractivity contribution in [3.8, 4) is 0 Å². The number of methoxy groups -OCH3 is 1. The molecule has 6 heteroatoms. The standard InChI is InChI=1S/C13H17BrFNO3/c1-9(11-4-3-10(14)7-12(11)15)16(5-6-19-2)8-13(17)18/h3-4,7,9H,5-6,8H2,1-2H3,(H,17,18). The molecule has 1 rings (SSSR count). The highest BCUT2D eigenvalue weighted by Crippen LogP contribution is 2.25. The van der Waals surface area contributed by atoms with Crippen LogP contribution in [-0.4, -0.2) is 42.8 Å². The van der Waals surface area contributed by atoms with Gasteiger partial charge in [0.25, 0.3) is 0 Å². The van der Waals surface area contributed by atoms with Gasteiger partial charge in [0.15, 0.2) is 0 Å². The van der Waals surface area contributed by atoms with E-state index in [9.17, 15) is 9.18 Å². The van der Waals surface area contributed by atoms with Crippen LogP contribution < -0.4 is 0 Å². The zero-order valence-electron chi connectivity index (χ0n) is 10.9. The molecule has 19 heavy (non-hydrogen) atoms. The molecule has 1 aromatic carbocycles. The Labute approximate surface area is 120 Å². The molecule has 1 aromatic rings. The smallest absolute Gasteiger partial charge is 0.317 e. The van der Waals surface area contributed by atoms with Gasteiger partial charge in [-0.3, -0.25) is 9.69 Å². The van der Waals surface area contributed by atoms with Gasteiger partial charge in [-0.25, -0.2) is 4.39 Å². The van der Waals surface area contributed by atoms with Crippen molar-refractivity contribution < 1.29 is 19.0 Å². The van der Waals surface area contributed by atoms with Crippen LogP contribution in [0.1, 0.15) is 18.5 Å². The van der Waals surface area contributed by atoms with E-state index in [1.807, 2.05) is 0 Å². The number of halogens is 2. The van der Waals surface area contributed by atoms with Gasteiger partial charge in [0.2, 0.25) is 0 Å². The molecule has 0 saturated carbocycles. The molecule has 0 aromatic heterocycles. The van der Waals surface area contributed by atoms with Crippen molar-refractivity contribution in [2.45, 2.75) is 13.0 Å². The second kappa shape index (κ2) is 7.57. The first-order chi connectivity index (χ1) is 8.95. The minimum Gasteiger partial charge on any atom is -0.480 e. The Morgan fingerprint density at radius 3 is 2.79 bits per heavy atom. The average molecular weight is 334 g/mol. The van der Waals surface area contributed by atoms with E-state index in [2.05, 4.69) is 15.9 Å². The predicted molar refractivity (Wildman–Crippen MR) is 73.6 cm³/mol. The number of carboxylic acids is 1. The zero-order chi connectivity index (χ0) is 14.4. The van der Waals surface area contributed by atoms with Gasteiger partial charge in [-0.2, -0.15) is 0 Å². The normalized spacial score (nSPS) is 12.7. The van der Waals surface area contributed by atoms with Crippen LogP contribution in [0.4, 0.5) is 4.39 Å². The number of ether oxygens (including phenoxy) is 1. The summed E-state index contributed by atoms with van der Waals surface area (Å²) in [6.45, 7) is 2.46. The number of hydrogen-bond donors (Lipinski definition) is 1. The summed E-state index contributed by atoms with van der Waals surface area (Å²) in [7, 11) is 1.55. The van der Waals surface area contributed by atoms with Crippen LogP contribution >= 0.6 is 15.9 Å². The summed E-state index contributed by atoms with van der Waals surface area (Å²) in [5.41, 5.74) is 0.473. The van der Waals surface area contributed by atoms with Gasteiger partial charge in [-0.05, 0) is 19.1 Å². The van der Waals surface area contributed by atoms with Gasteiger partial charge >= 0.3 is 5.97 Å². The Balaban J connectivity index is 2.90. The van der Waals surface area contributed by atoms with Gasteiger partial charge < -0.3 is 9.84 Å². The summed E-state index contributed by atoms with van der Waals surface area (Å²) in [6.07, 6.45) is 0. The molecule has 0 heterocycles. The maximum absolute atomic E-state index is 13.9. The van der Waals surface area contributed by atoms with E-state index in [0.29, 0.717) is 23.2 Å². The summed E-state index contributed by atoms with van der Waals surface area (Å²) in [4.78, 5) is 12.5. The van der Waals surface area contributed by atoms with E-state index < -0.39 is 5.97 Å². The Hall–Kier alpha value is -0.980. The first-order valence-corrected chi connectivity index (χ1v) is 6.64. The van der Waals surface area contributed by atoms with Crippen molar-refractivity contribution in [3.05, 3.63) is 34.1 Å². The fourth-order valence-electron chi connectivity index (χ4n) is 1.83. The fourth-order valence-corrected chi connectivity index (χ4v) is 2.16. The van der Waals surface area contributed by atoms with Crippen LogP contribution in [0, 0.1) is 5.82 Å². The minimum absolute atomic E-state index is 0.153. The van der Waals surface area contributed by atoms with Crippen LogP contribution in [0.2, 0.25) is 0 Å². The predicted octanol–water partition coefficient (Wildman–Crippen LogP) is 2.68. The van der Waals surface area contributed by atoms with Gasteiger partial charge in [-0.1, -0.05) is 22.0 Å². The number of rotatable bonds is 7. The summed E-state index contributed by atoms with van der Waals surface area (Å²) in [5.74, 6) is -1.30. The summed E-state index contributed by atoms with van der Waals surface area (Å²) in [5, 5.41) is 8.91. The Morgan fingerprint density at radius 1 is 1.58 bits per heavy atom. The van der Waals surface area contributed by atoms with Gasteiger partial charge in [0.05, 0.1) is 13.2 Å². The highest BCUT2D eigenvalue weighted by atomic mass is 79.9. The molecule has 0 amide bonds. The maximum atomic E-state index is 13.9. The summed E-state index contributed by atoms with van der Waals surface area (Å²) < 4.78 is 19.5. The molecule has 0 aliphatic rings. The summed E-state index contributed by atoms with van der Waals surface area (Å²) in [6, 6.07) is 4.44. The lowest BCUT2D eigenvalue weighted by molar-refractivity contribution is -0.139. The lowest BCUT2D eigenvalue weighted by Crippen LogP contribution is -2.35. The van der Waals surface area contributed by atoms with Crippen molar-refractivity contribution >= 4 is 21.9 Å². The number of benzene rings is 1. The quantitative estimate of drug-likeness (QED) is 0.833. The van der Waals surface area contributed by atoms with E-state index in [-0.39, 0.29) is 18.4 Å². The molecular weight excluding hydrogens is 317 g/mol. The number of carbonyl (C=O) groups is 1. The molecule has 0 radical (unpaired) electrons. The molecular formula is C13H17BrFNO3. The fraction of sp³-hybridized carbons (Fsp3) is 0.462. The van der Waals surface area contributed by atoms with Gasteiger partial charge in [0.1, 0.15) is 5.82 Å². The molecule has 0 saturated heterocycles. The highest BCUT2D eigenvalue weighted by molar-refractivity contribution is 9.10. The third-order valence-electron chi connectivity index (χ3n) is 2.88. The van der Waals surface area contributed by atoms with Gasteiger partial charge in [0, 0.05) is 29.7 Å². The molecule has 0 aliphatic heterocycles. The van der Waals surface area contributed by atoms with E-state index in [1.165, 1.54) is 6.07 Å². The van der Waals surface area contributed by atoms with Crippen molar-refractivity contribution in [2.24, 2.45) is 0 Å². The van der Waals surface area contributed by atoms with E-state index >= 15 is 0 Å². The zero-order valence-corrected chi connectivity index (χ0v) is 12.5. The van der Waals surface area contributed by atoms with Gasteiger partial charge in [-0.15, -0.1) is 0 Å². The topological polar surface area (TPSA) is 49.8 Å².